The topological polar surface area (TPSA) is 77.2 Å². The van der Waals surface area contributed by atoms with Crippen LogP contribution in [0, 0.1) is 0 Å². The van der Waals surface area contributed by atoms with Crippen molar-refractivity contribution < 1.29 is 22.7 Å². The minimum Gasteiger partial charge on any atom is -0.468 e. The van der Waals surface area contributed by atoms with Gasteiger partial charge in [-0.15, -0.1) is 12.4 Å². The van der Waals surface area contributed by atoms with Crippen LogP contribution >= 0.6 is 12.4 Å². The van der Waals surface area contributed by atoms with E-state index in [9.17, 15) is 18.0 Å². The molecule has 0 spiro atoms. The number of halogens is 4. The molecule has 23 heavy (non-hydrogen) atoms. The highest BCUT2D eigenvalue weighted by Crippen LogP contribution is 2.17. The summed E-state index contributed by atoms with van der Waals surface area (Å²) in [6.45, 7) is 2.76. The lowest BCUT2D eigenvalue weighted by Gasteiger charge is -2.26. The zero-order valence-corrected chi connectivity index (χ0v) is 13.8. The Labute approximate surface area is 139 Å². The first-order valence-electron chi connectivity index (χ1n) is 6.92. The van der Waals surface area contributed by atoms with Crippen molar-refractivity contribution >= 4 is 18.3 Å². The van der Waals surface area contributed by atoms with Crippen molar-refractivity contribution in [2.45, 2.75) is 38.4 Å². The van der Waals surface area contributed by atoms with Gasteiger partial charge in [0.15, 0.2) is 6.61 Å². The van der Waals surface area contributed by atoms with Gasteiger partial charge >= 0.3 is 6.18 Å². The van der Waals surface area contributed by atoms with Gasteiger partial charge in [0, 0.05) is 24.3 Å². The highest BCUT2D eigenvalue weighted by atomic mass is 35.5. The van der Waals surface area contributed by atoms with Gasteiger partial charge in [0.2, 0.25) is 5.88 Å². The number of ether oxygens (including phenoxy) is 1. The first-order valence-corrected chi connectivity index (χ1v) is 6.92. The zero-order valence-electron chi connectivity index (χ0n) is 12.9. The van der Waals surface area contributed by atoms with E-state index in [-0.39, 0.29) is 29.8 Å². The summed E-state index contributed by atoms with van der Waals surface area (Å²) in [5.74, 6) is -0.573. The summed E-state index contributed by atoms with van der Waals surface area (Å²) in [5, 5.41) is 2.69. The van der Waals surface area contributed by atoms with Crippen molar-refractivity contribution in [1.29, 1.82) is 0 Å². The number of carbonyl (C=O) groups excluding carboxylic acids is 1. The van der Waals surface area contributed by atoms with Crippen molar-refractivity contribution in [3.05, 3.63) is 23.9 Å². The third-order valence-electron chi connectivity index (χ3n) is 3.39. The number of nitrogens with one attached hydrogen (secondary N) is 1. The number of aromatic nitrogens is 1. The molecule has 1 amide bonds. The summed E-state index contributed by atoms with van der Waals surface area (Å²) >= 11 is 0. The van der Waals surface area contributed by atoms with Crippen LogP contribution in [0.2, 0.25) is 0 Å². The molecule has 0 saturated carbocycles. The molecule has 9 heteroatoms. The van der Waals surface area contributed by atoms with Crippen LogP contribution in [0.25, 0.3) is 0 Å². The maximum absolute atomic E-state index is 12.0. The Kier molecular flexibility index (Phi) is 8.33. The molecule has 0 aromatic carbocycles. The van der Waals surface area contributed by atoms with Crippen molar-refractivity contribution in [3.8, 4) is 5.88 Å². The van der Waals surface area contributed by atoms with Crippen molar-refractivity contribution in [1.82, 2.24) is 10.3 Å². The number of hydrogen-bond acceptors (Lipinski definition) is 4. The van der Waals surface area contributed by atoms with Crippen LogP contribution in [0.5, 0.6) is 5.88 Å². The molecule has 0 aliphatic heterocycles. The van der Waals surface area contributed by atoms with E-state index < -0.39 is 18.3 Å². The first kappa shape index (κ1) is 21.5. The highest BCUT2D eigenvalue weighted by Gasteiger charge is 2.28. The Bertz CT molecular complexity index is 491. The van der Waals surface area contributed by atoms with Crippen molar-refractivity contribution in [3.63, 3.8) is 0 Å². The number of nitrogens with two attached hydrogens (primary N) is 1. The van der Waals surface area contributed by atoms with Gasteiger partial charge in [-0.2, -0.15) is 13.2 Å². The van der Waals surface area contributed by atoms with Crippen LogP contribution in [-0.2, 0) is 0 Å². The van der Waals surface area contributed by atoms with Gasteiger partial charge in [-0.05, 0) is 18.9 Å². The number of carbonyl (C=O) groups is 1. The molecule has 1 aromatic rings. The summed E-state index contributed by atoms with van der Waals surface area (Å²) in [4.78, 5) is 15.6. The minimum absolute atomic E-state index is 0. The van der Waals surface area contributed by atoms with Gasteiger partial charge < -0.3 is 15.8 Å². The summed E-state index contributed by atoms with van der Waals surface area (Å²) in [6, 6.07) is 2.57. The van der Waals surface area contributed by atoms with Gasteiger partial charge in [-0.25, -0.2) is 4.98 Å². The Morgan fingerprint density at radius 2 is 1.91 bits per heavy atom. The van der Waals surface area contributed by atoms with E-state index in [1.165, 1.54) is 12.1 Å². The lowest BCUT2D eigenvalue weighted by atomic mass is 9.94. The molecule has 0 radical (unpaired) electrons. The summed E-state index contributed by atoms with van der Waals surface area (Å²) < 4.78 is 40.5. The van der Waals surface area contributed by atoms with E-state index >= 15 is 0 Å². The van der Waals surface area contributed by atoms with Gasteiger partial charge in [0.25, 0.3) is 5.91 Å². The van der Waals surface area contributed by atoms with E-state index in [0.717, 1.165) is 6.20 Å². The molecule has 0 aliphatic carbocycles. The summed E-state index contributed by atoms with van der Waals surface area (Å²) in [6.07, 6.45) is -1.84. The maximum atomic E-state index is 12.0. The van der Waals surface area contributed by atoms with Crippen molar-refractivity contribution in [2.24, 2.45) is 5.73 Å². The summed E-state index contributed by atoms with van der Waals surface area (Å²) in [5.41, 5.74) is 5.83. The number of pyridine rings is 1. The highest BCUT2D eigenvalue weighted by molar-refractivity contribution is 5.93. The van der Waals surface area contributed by atoms with Gasteiger partial charge in [0.1, 0.15) is 0 Å². The molecule has 1 aromatic heterocycles. The number of hydrogen-bond donors (Lipinski definition) is 2. The molecule has 0 unspecified atom stereocenters. The molecule has 1 heterocycles. The lowest BCUT2D eigenvalue weighted by molar-refractivity contribution is -0.154. The van der Waals surface area contributed by atoms with Crippen LogP contribution in [0.1, 0.15) is 37.0 Å². The van der Waals surface area contributed by atoms with E-state index in [4.69, 9.17) is 5.73 Å². The maximum Gasteiger partial charge on any atom is 0.422 e. The van der Waals surface area contributed by atoms with E-state index in [2.05, 4.69) is 15.0 Å². The first-order chi connectivity index (χ1) is 10.2. The molecule has 0 atom stereocenters. The van der Waals surface area contributed by atoms with Crippen LogP contribution < -0.4 is 15.8 Å². The average molecular weight is 356 g/mol. The molecule has 132 valence electrons. The average Bonchev–Trinajstić information content (AvgIpc) is 2.50. The normalized spacial score (nSPS) is 11.6. The van der Waals surface area contributed by atoms with Gasteiger partial charge in [-0.3, -0.25) is 4.79 Å². The zero-order chi connectivity index (χ0) is 16.8. The largest absolute Gasteiger partial charge is 0.468 e. The molecular weight excluding hydrogens is 335 g/mol. The molecule has 5 nitrogen and oxygen atoms in total. The smallest absolute Gasteiger partial charge is 0.422 e. The SMILES string of the molecule is CCC(N)(CC)CNC(=O)c1ccc(OCC(F)(F)F)nc1.Cl. The Morgan fingerprint density at radius 3 is 2.35 bits per heavy atom. The summed E-state index contributed by atoms with van der Waals surface area (Å²) in [7, 11) is 0. The monoisotopic (exact) mass is 355 g/mol. The number of rotatable bonds is 7. The fourth-order valence-electron chi connectivity index (χ4n) is 1.61. The lowest BCUT2D eigenvalue weighted by Crippen LogP contribution is -2.49. The second-order valence-corrected chi connectivity index (χ2v) is 5.04. The third kappa shape index (κ3) is 7.51. The second-order valence-electron chi connectivity index (χ2n) is 5.04. The molecule has 0 saturated heterocycles. The van der Waals surface area contributed by atoms with E-state index in [1.54, 1.807) is 0 Å². The molecule has 0 aliphatic rings. The van der Waals surface area contributed by atoms with E-state index in [0.29, 0.717) is 19.4 Å². The fourth-order valence-corrected chi connectivity index (χ4v) is 1.61. The van der Waals surface area contributed by atoms with Gasteiger partial charge in [0.05, 0.1) is 5.56 Å². The van der Waals surface area contributed by atoms with Crippen LogP contribution in [0.15, 0.2) is 18.3 Å². The fraction of sp³-hybridized carbons (Fsp3) is 0.571. The predicted octanol–water partition coefficient (Wildman–Crippen LogP) is 2.69. The predicted molar refractivity (Wildman–Crippen MR) is 82.9 cm³/mol. The molecule has 3 N–H and O–H groups in total. The molecular formula is C14H21ClF3N3O2. The Balaban J connectivity index is 0.00000484. The quantitative estimate of drug-likeness (QED) is 0.788. The standard InChI is InChI=1S/C14H20F3N3O2.ClH/c1-3-13(18,4-2)8-20-12(21)10-5-6-11(19-7-10)22-9-14(15,16)17;/h5-7H,3-4,8-9,18H2,1-2H3,(H,20,21);1H. The third-order valence-corrected chi connectivity index (χ3v) is 3.39. The molecule has 1 rings (SSSR count). The van der Waals surface area contributed by atoms with Gasteiger partial charge in [-0.1, -0.05) is 13.8 Å². The Hall–Kier alpha value is -1.54. The van der Waals surface area contributed by atoms with Crippen LogP contribution in [0.3, 0.4) is 0 Å². The van der Waals surface area contributed by atoms with E-state index in [1.807, 2.05) is 13.8 Å². The van der Waals surface area contributed by atoms with Crippen LogP contribution in [0.4, 0.5) is 13.2 Å². The number of alkyl halides is 3. The Morgan fingerprint density at radius 1 is 1.30 bits per heavy atom. The number of nitrogens with zero attached hydrogens (tertiary/aromatic N) is 1. The molecule has 0 bridgehead atoms. The molecule has 0 fully saturated rings. The minimum atomic E-state index is -4.43. The van der Waals surface area contributed by atoms with Crippen LogP contribution in [-0.4, -0.2) is 35.8 Å². The van der Waals surface area contributed by atoms with Crippen molar-refractivity contribution in [2.75, 3.05) is 13.2 Å². The number of amides is 1. The second kappa shape index (κ2) is 8.93.